The second-order valence-corrected chi connectivity index (χ2v) is 6.54. The van der Waals surface area contributed by atoms with Gasteiger partial charge in [0.15, 0.2) is 0 Å². The van der Waals surface area contributed by atoms with E-state index in [2.05, 4.69) is 34.6 Å². The molecule has 1 atom stereocenters. The zero-order valence-corrected chi connectivity index (χ0v) is 11.1. The predicted octanol–water partition coefficient (Wildman–Crippen LogP) is 2.93. The van der Waals surface area contributed by atoms with Crippen LogP contribution in [-0.4, -0.2) is 23.9 Å². The number of rotatable bonds is 1. The molecule has 1 unspecified atom stereocenters. The Labute approximate surface area is 94.0 Å². The van der Waals surface area contributed by atoms with Gasteiger partial charge in [-0.25, -0.2) is 0 Å². The summed E-state index contributed by atoms with van der Waals surface area (Å²) in [6.07, 6.45) is 0.632. The van der Waals surface area contributed by atoms with Gasteiger partial charge in [-0.2, -0.15) is 0 Å². The van der Waals surface area contributed by atoms with E-state index in [0.29, 0.717) is 18.2 Å². The first-order valence-electron chi connectivity index (χ1n) is 5.96. The summed E-state index contributed by atoms with van der Waals surface area (Å²) in [5, 5.41) is 0. The van der Waals surface area contributed by atoms with Gasteiger partial charge < -0.3 is 4.90 Å². The molecule has 0 aliphatic carbocycles. The molecule has 0 aromatic heterocycles. The SMILES string of the molecule is CCC(=O)N1CC(C(C)(C)C)C(C)(C)C1. The first kappa shape index (κ1) is 12.5. The molecule has 88 valence electrons. The highest BCUT2D eigenvalue weighted by atomic mass is 16.2. The van der Waals surface area contributed by atoms with Crippen LogP contribution in [0, 0.1) is 16.7 Å². The van der Waals surface area contributed by atoms with Crippen molar-refractivity contribution in [2.45, 2.75) is 48.0 Å². The average molecular weight is 211 g/mol. The van der Waals surface area contributed by atoms with Crippen molar-refractivity contribution < 1.29 is 4.79 Å². The first-order chi connectivity index (χ1) is 6.68. The van der Waals surface area contributed by atoms with Crippen molar-refractivity contribution in [3.8, 4) is 0 Å². The molecule has 0 N–H and O–H groups in total. The summed E-state index contributed by atoms with van der Waals surface area (Å²) in [6, 6.07) is 0. The molecular weight excluding hydrogens is 186 g/mol. The zero-order chi connectivity index (χ0) is 11.9. The van der Waals surface area contributed by atoms with Gasteiger partial charge in [0.05, 0.1) is 0 Å². The molecular formula is C13H25NO. The number of carbonyl (C=O) groups is 1. The van der Waals surface area contributed by atoms with Crippen molar-refractivity contribution in [1.82, 2.24) is 4.90 Å². The van der Waals surface area contributed by atoms with Crippen LogP contribution >= 0.6 is 0 Å². The molecule has 1 saturated heterocycles. The summed E-state index contributed by atoms with van der Waals surface area (Å²) in [4.78, 5) is 13.7. The molecule has 0 saturated carbocycles. The molecule has 2 nitrogen and oxygen atoms in total. The van der Waals surface area contributed by atoms with E-state index in [1.807, 2.05) is 11.8 Å². The smallest absolute Gasteiger partial charge is 0.222 e. The van der Waals surface area contributed by atoms with Crippen LogP contribution in [0.3, 0.4) is 0 Å². The van der Waals surface area contributed by atoms with E-state index in [-0.39, 0.29) is 10.8 Å². The van der Waals surface area contributed by atoms with Gasteiger partial charge in [0.2, 0.25) is 5.91 Å². The summed E-state index contributed by atoms with van der Waals surface area (Å²) in [7, 11) is 0. The molecule has 1 fully saturated rings. The van der Waals surface area contributed by atoms with E-state index >= 15 is 0 Å². The van der Waals surface area contributed by atoms with E-state index in [0.717, 1.165) is 13.1 Å². The Bertz CT molecular complexity index is 250. The minimum absolute atomic E-state index is 0.253. The standard InChI is InChI=1S/C13H25NO/c1-7-11(15)14-8-10(12(2,3)4)13(5,6)9-14/h10H,7-9H2,1-6H3. The maximum Gasteiger partial charge on any atom is 0.222 e. The fourth-order valence-electron chi connectivity index (χ4n) is 2.99. The maximum absolute atomic E-state index is 11.7. The van der Waals surface area contributed by atoms with Crippen LogP contribution in [0.2, 0.25) is 0 Å². The van der Waals surface area contributed by atoms with Crippen LogP contribution in [0.5, 0.6) is 0 Å². The fraction of sp³-hybridized carbons (Fsp3) is 0.923. The maximum atomic E-state index is 11.7. The molecule has 1 aliphatic rings. The van der Waals surface area contributed by atoms with Crippen molar-refractivity contribution in [1.29, 1.82) is 0 Å². The Kier molecular flexibility index (Phi) is 3.18. The lowest BCUT2D eigenvalue weighted by Crippen LogP contribution is -2.33. The number of likely N-dealkylation sites (tertiary alicyclic amines) is 1. The van der Waals surface area contributed by atoms with Gasteiger partial charge in [0.25, 0.3) is 0 Å². The average Bonchev–Trinajstić information content (AvgIpc) is 2.39. The fourth-order valence-corrected chi connectivity index (χ4v) is 2.99. The summed E-state index contributed by atoms with van der Waals surface area (Å²) in [5.74, 6) is 0.898. The molecule has 0 aromatic rings. The Morgan fingerprint density at radius 3 is 2.27 bits per heavy atom. The molecule has 0 aromatic carbocycles. The third-order valence-electron chi connectivity index (χ3n) is 3.65. The minimum atomic E-state index is 0.253. The Morgan fingerprint density at radius 2 is 1.93 bits per heavy atom. The van der Waals surface area contributed by atoms with Crippen molar-refractivity contribution in [3.63, 3.8) is 0 Å². The predicted molar refractivity (Wildman–Crippen MR) is 63.6 cm³/mol. The third-order valence-corrected chi connectivity index (χ3v) is 3.65. The molecule has 1 rings (SSSR count). The van der Waals surface area contributed by atoms with E-state index in [1.165, 1.54) is 0 Å². The summed E-state index contributed by atoms with van der Waals surface area (Å²) in [6.45, 7) is 15.2. The third kappa shape index (κ3) is 2.53. The molecule has 1 heterocycles. The molecule has 0 bridgehead atoms. The summed E-state index contributed by atoms with van der Waals surface area (Å²) < 4.78 is 0. The van der Waals surface area contributed by atoms with Crippen molar-refractivity contribution in [3.05, 3.63) is 0 Å². The van der Waals surface area contributed by atoms with Crippen LogP contribution in [0.25, 0.3) is 0 Å². The van der Waals surface area contributed by atoms with Gasteiger partial charge in [0.1, 0.15) is 0 Å². The highest BCUT2D eigenvalue weighted by molar-refractivity contribution is 5.76. The van der Waals surface area contributed by atoms with Gasteiger partial charge in [-0.15, -0.1) is 0 Å². The topological polar surface area (TPSA) is 20.3 Å². The lowest BCUT2D eigenvalue weighted by Gasteiger charge is -2.36. The van der Waals surface area contributed by atoms with Gasteiger partial charge in [-0.1, -0.05) is 41.5 Å². The van der Waals surface area contributed by atoms with Gasteiger partial charge >= 0.3 is 0 Å². The van der Waals surface area contributed by atoms with E-state index in [9.17, 15) is 4.79 Å². The molecule has 0 radical (unpaired) electrons. The second-order valence-electron chi connectivity index (χ2n) is 6.54. The highest BCUT2D eigenvalue weighted by Gasteiger charge is 2.46. The summed E-state index contributed by atoms with van der Waals surface area (Å²) in [5.41, 5.74) is 0.537. The van der Waals surface area contributed by atoms with Crippen LogP contribution in [-0.2, 0) is 4.79 Å². The van der Waals surface area contributed by atoms with Gasteiger partial charge in [-0.3, -0.25) is 4.79 Å². The van der Waals surface area contributed by atoms with Crippen LogP contribution in [0.15, 0.2) is 0 Å². The Hall–Kier alpha value is -0.530. The minimum Gasteiger partial charge on any atom is -0.342 e. The molecule has 1 aliphatic heterocycles. The van der Waals surface area contributed by atoms with E-state index in [1.54, 1.807) is 0 Å². The molecule has 0 spiro atoms. The molecule has 2 heteroatoms. The second kappa shape index (κ2) is 3.80. The molecule has 15 heavy (non-hydrogen) atoms. The van der Waals surface area contributed by atoms with Crippen molar-refractivity contribution in [2.24, 2.45) is 16.7 Å². The Morgan fingerprint density at radius 1 is 1.40 bits per heavy atom. The van der Waals surface area contributed by atoms with Gasteiger partial charge in [0, 0.05) is 19.5 Å². The number of hydrogen-bond donors (Lipinski definition) is 0. The molecule has 1 amide bonds. The lowest BCUT2D eigenvalue weighted by atomic mass is 9.68. The first-order valence-corrected chi connectivity index (χ1v) is 5.96. The van der Waals surface area contributed by atoms with Crippen LogP contribution < -0.4 is 0 Å². The monoisotopic (exact) mass is 211 g/mol. The highest BCUT2D eigenvalue weighted by Crippen LogP contribution is 2.45. The van der Waals surface area contributed by atoms with E-state index < -0.39 is 0 Å². The quantitative estimate of drug-likeness (QED) is 0.653. The van der Waals surface area contributed by atoms with Crippen LogP contribution in [0.1, 0.15) is 48.0 Å². The summed E-state index contributed by atoms with van der Waals surface area (Å²) >= 11 is 0. The normalized spacial score (nSPS) is 25.7. The zero-order valence-electron chi connectivity index (χ0n) is 11.1. The number of carbonyl (C=O) groups excluding carboxylic acids is 1. The van der Waals surface area contributed by atoms with Gasteiger partial charge in [-0.05, 0) is 16.7 Å². The Balaban J connectivity index is 2.82. The lowest BCUT2D eigenvalue weighted by molar-refractivity contribution is -0.130. The largest absolute Gasteiger partial charge is 0.342 e. The van der Waals surface area contributed by atoms with E-state index in [4.69, 9.17) is 0 Å². The van der Waals surface area contributed by atoms with Crippen LogP contribution in [0.4, 0.5) is 0 Å². The van der Waals surface area contributed by atoms with Crippen molar-refractivity contribution >= 4 is 5.91 Å². The van der Waals surface area contributed by atoms with Crippen molar-refractivity contribution in [2.75, 3.05) is 13.1 Å². The number of amides is 1. The number of hydrogen-bond acceptors (Lipinski definition) is 1. The number of nitrogens with zero attached hydrogens (tertiary/aromatic N) is 1.